The fraction of sp³-hybridized carbons (Fsp3) is 0.111. The van der Waals surface area contributed by atoms with Gasteiger partial charge in [0.25, 0.3) is 23.4 Å². The molecule has 1 aliphatic rings. The normalized spacial score (nSPS) is 11.6. The number of carboxylic acids is 2. The summed E-state index contributed by atoms with van der Waals surface area (Å²) in [4.78, 5) is 83.6. The number of amides is 4. The molecule has 0 unspecified atom stereocenters. The summed E-state index contributed by atoms with van der Waals surface area (Å²) in [6, 6.07) is 12.0. The van der Waals surface area contributed by atoms with Crippen LogP contribution in [0.25, 0.3) is 0 Å². The number of benzene rings is 3. The van der Waals surface area contributed by atoms with Gasteiger partial charge in [-0.1, -0.05) is 6.07 Å². The molecule has 0 bridgehead atoms. The first kappa shape index (κ1) is 29.6. The van der Waals surface area contributed by atoms with Gasteiger partial charge in [0.05, 0.1) is 32.9 Å². The predicted molar refractivity (Wildman–Crippen MR) is 143 cm³/mol. The van der Waals surface area contributed by atoms with Gasteiger partial charge >= 0.3 is 11.9 Å². The van der Waals surface area contributed by atoms with Crippen molar-refractivity contribution >= 4 is 52.6 Å². The lowest BCUT2D eigenvalue weighted by molar-refractivity contribution is -0.384. The van der Waals surface area contributed by atoms with E-state index < -0.39 is 45.7 Å². The molecule has 41 heavy (non-hydrogen) atoms. The number of hydrogen-bond acceptors (Lipinski definition) is 8. The Morgan fingerprint density at radius 2 is 1.46 bits per heavy atom. The lowest BCUT2D eigenvalue weighted by Gasteiger charge is -2.15. The average Bonchev–Trinajstić information content (AvgIpc) is 3.17. The Balaban J connectivity index is 0.000000696. The maximum atomic E-state index is 12.8. The van der Waals surface area contributed by atoms with E-state index in [-0.39, 0.29) is 39.7 Å². The van der Waals surface area contributed by atoms with Crippen LogP contribution in [0.15, 0.2) is 60.7 Å². The summed E-state index contributed by atoms with van der Waals surface area (Å²) in [6.45, 7) is 1.53. The first-order valence-corrected chi connectivity index (χ1v) is 11.6. The zero-order chi connectivity index (χ0) is 30.6. The van der Waals surface area contributed by atoms with Crippen molar-refractivity contribution in [3.8, 4) is 0 Å². The minimum atomic E-state index is -1.49. The number of nitrogens with zero attached hydrogens (tertiary/aromatic N) is 3. The van der Waals surface area contributed by atoms with Crippen molar-refractivity contribution in [3.05, 3.63) is 98.6 Å². The molecular formula is C27H22N4O10. The lowest BCUT2D eigenvalue weighted by atomic mass is 10.1. The van der Waals surface area contributed by atoms with Gasteiger partial charge in [-0.3, -0.25) is 29.3 Å². The van der Waals surface area contributed by atoms with E-state index in [1.165, 1.54) is 48.2 Å². The third kappa shape index (κ3) is 6.39. The van der Waals surface area contributed by atoms with Crippen molar-refractivity contribution in [2.45, 2.75) is 6.92 Å². The van der Waals surface area contributed by atoms with Gasteiger partial charge in [-0.05, 0) is 42.5 Å². The van der Waals surface area contributed by atoms with Crippen molar-refractivity contribution in [2.24, 2.45) is 0 Å². The van der Waals surface area contributed by atoms with Crippen molar-refractivity contribution in [3.63, 3.8) is 0 Å². The molecule has 4 amide bonds. The fourth-order valence-electron chi connectivity index (χ4n) is 3.55. The van der Waals surface area contributed by atoms with Gasteiger partial charge in [0.2, 0.25) is 5.91 Å². The molecule has 0 saturated carbocycles. The van der Waals surface area contributed by atoms with Gasteiger partial charge < -0.3 is 20.4 Å². The van der Waals surface area contributed by atoms with Crippen LogP contribution in [0, 0.1) is 10.1 Å². The zero-order valence-electron chi connectivity index (χ0n) is 21.8. The van der Waals surface area contributed by atoms with Crippen LogP contribution >= 0.6 is 0 Å². The van der Waals surface area contributed by atoms with Crippen molar-refractivity contribution in [2.75, 3.05) is 24.3 Å². The molecule has 14 heteroatoms. The number of nitro groups is 1. The molecule has 0 aliphatic carbocycles. The highest BCUT2D eigenvalue weighted by Crippen LogP contribution is 2.31. The topological polar surface area (TPSA) is 205 Å². The monoisotopic (exact) mass is 562 g/mol. The van der Waals surface area contributed by atoms with E-state index >= 15 is 0 Å². The van der Waals surface area contributed by atoms with Crippen LogP contribution in [0.3, 0.4) is 0 Å². The molecule has 0 fully saturated rings. The number of carbonyl (C=O) groups is 6. The second-order valence-corrected chi connectivity index (χ2v) is 8.72. The van der Waals surface area contributed by atoms with Crippen LogP contribution in [-0.2, 0) is 4.79 Å². The molecule has 14 nitrogen and oxygen atoms in total. The highest BCUT2D eigenvalue weighted by molar-refractivity contribution is 6.34. The predicted octanol–water partition coefficient (Wildman–Crippen LogP) is 3.14. The van der Waals surface area contributed by atoms with Gasteiger partial charge in [-0.25, -0.2) is 14.5 Å². The Morgan fingerprint density at radius 3 is 2.02 bits per heavy atom. The van der Waals surface area contributed by atoms with Crippen LogP contribution in [0.5, 0.6) is 0 Å². The third-order valence-corrected chi connectivity index (χ3v) is 5.82. The van der Waals surface area contributed by atoms with Crippen LogP contribution in [0.1, 0.15) is 58.7 Å². The van der Waals surface area contributed by atoms with Gasteiger partial charge in [0.1, 0.15) is 0 Å². The summed E-state index contributed by atoms with van der Waals surface area (Å²) in [5, 5.41) is 31.8. The Kier molecular flexibility index (Phi) is 8.57. The van der Waals surface area contributed by atoms with E-state index in [0.29, 0.717) is 0 Å². The van der Waals surface area contributed by atoms with Crippen LogP contribution in [-0.4, -0.2) is 69.7 Å². The molecule has 210 valence electrons. The maximum absolute atomic E-state index is 12.8. The highest BCUT2D eigenvalue weighted by atomic mass is 16.6. The summed E-state index contributed by atoms with van der Waals surface area (Å²) >= 11 is 0. The molecule has 1 heterocycles. The number of non-ortho nitro benzene ring substituents is 1. The number of nitrogens with one attached hydrogen (secondary N) is 1. The number of aromatic carboxylic acids is 2. The van der Waals surface area contributed by atoms with Crippen molar-refractivity contribution in [1.82, 2.24) is 4.90 Å². The number of hydrogen-bond donors (Lipinski definition) is 3. The second kappa shape index (κ2) is 11.9. The molecule has 0 aromatic heterocycles. The largest absolute Gasteiger partial charge is 0.478 e. The minimum Gasteiger partial charge on any atom is -0.478 e. The third-order valence-electron chi connectivity index (χ3n) is 5.82. The highest BCUT2D eigenvalue weighted by Gasteiger charge is 2.38. The molecule has 0 spiro atoms. The molecule has 0 saturated heterocycles. The Bertz CT molecular complexity index is 1630. The number of carbonyl (C=O) groups excluding carboxylic acids is 4. The van der Waals surface area contributed by atoms with E-state index in [1.54, 1.807) is 14.1 Å². The summed E-state index contributed by atoms with van der Waals surface area (Å²) in [5.74, 6) is -5.08. The first-order valence-electron chi connectivity index (χ1n) is 11.6. The van der Waals surface area contributed by atoms with E-state index in [1.807, 2.05) is 0 Å². The number of anilines is 2. The molecule has 0 atom stereocenters. The SMILES string of the molecule is CC(=O)N(C)C.O=C(Nc1ccc(C(=O)O)c(C(=O)O)c1)c1cccc(N2C(=O)c3ccc([N+](=O)[O-])cc3C2=O)c1. The molecule has 1 aliphatic heterocycles. The van der Waals surface area contributed by atoms with Gasteiger partial charge in [-0.15, -0.1) is 0 Å². The van der Waals surface area contributed by atoms with Gasteiger partial charge in [0.15, 0.2) is 0 Å². The molecule has 3 N–H and O–H groups in total. The van der Waals surface area contributed by atoms with Crippen molar-refractivity contribution < 1.29 is 43.9 Å². The summed E-state index contributed by atoms with van der Waals surface area (Å²) in [5.41, 5.74) is -1.44. The van der Waals surface area contributed by atoms with Gasteiger partial charge in [-0.2, -0.15) is 0 Å². The van der Waals surface area contributed by atoms with E-state index in [4.69, 9.17) is 5.11 Å². The minimum absolute atomic E-state index is 0.00391. The lowest BCUT2D eigenvalue weighted by Crippen LogP contribution is -2.29. The van der Waals surface area contributed by atoms with Gasteiger partial charge in [0, 0.05) is 44.4 Å². The van der Waals surface area contributed by atoms with Crippen LogP contribution in [0.2, 0.25) is 0 Å². The smallest absolute Gasteiger partial charge is 0.336 e. The number of fused-ring (bicyclic) bond motifs is 1. The van der Waals surface area contributed by atoms with E-state index in [2.05, 4.69) is 5.32 Å². The molecule has 3 aromatic rings. The number of nitro benzene ring substituents is 1. The molecule has 0 radical (unpaired) electrons. The average molecular weight is 562 g/mol. The Hall–Kier alpha value is -5.92. The quantitative estimate of drug-likeness (QED) is 0.227. The zero-order valence-corrected chi connectivity index (χ0v) is 21.8. The van der Waals surface area contributed by atoms with Crippen LogP contribution < -0.4 is 10.2 Å². The summed E-state index contributed by atoms with van der Waals surface area (Å²) < 4.78 is 0. The van der Waals surface area contributed by atoms with E-state index in [0.717, 1.165) is 29.2 Å². The van der Waals surface area contributed by atoms with Crippen LogP contribution in [0.4, 0.5) is 17.1 Å². The number of carboxylic acid groups (broad SMARTS) is 2. The Morgan fingerprint density at radius 1 is 0.854 bits per heavy atom. The van der Waals surface area contributed by atoms with E-state index in [9.17, 15) is 44.0 Å². The fourth-order valence-corrected chi connectivity index (χ4v) is 3.55. The number of rotatable bonds is 6. The summed E-state index contributed by atoms with van der Waals surface area (Å²) in [7, 11) is 3.45. The summed E-state index contributed by atoms with van der Waals surface area (Å²) in [6.07, 6.45) is 0. The molecular weight excluding hydrogens is 540 g/mol. The second-order valence-electron chi connectivity index (χ2n) is 8.72. The number of imide groups is 1. The molecule has 3 aromatic carbocycles. The maximum Gasteiger partial charge on any atom is 0.336 e. The van der Waals surface area contributed by atoms with Crippen molar-refractivity contribution in [1.29, 1.82) is 0 Å². The Labute approximate surface area is 231 Å². The molecule has 4 rings (SSSR count). The standard InChI is InChI=1S/C23H13N3O9.C4H9NO/c27-19(24-12-4-6-16(22(30)31)18(9-12)23(32)33)11-2-1-3-13(8-11)25-20(28)15-7-5-14(26(34)35)10-17(15)21(25)29;1-4(6)5(2)3/h1-10H,(H,24,27)(H,30,31)(H,32,33);1-3H3. The first-order chi connectivity index (χ1) is 19.2.